The number of carboxylic acids is 1. The zero-order chi connectivity index (χ0) is 9.84. The molecule has 1 N–H and O–H groups in total. The van der Waals surface area contributed by atoms with E-state index in [9.17, 15) is 4.79 Å². The lowest BCUT2D eigenvalue weighted by atomic mass is 10.1. The third kappa shape index (κ3) is 2.70. The van der Waals surface area contributed by atoms with Crippen molar-refractivity contribution >= 4 is 14.8 Å². The van der Waals surface area contributed by atoms with Crippen LogP contribution in [0.2, 0.25) is 13.1 Å². The summed E-state index contributed by atoms with van der Waals surface area (Å²) < 4.78 is 0. The Labute approximate surface area is 79.8 Å². The van der Waals surface area contributed by atoms with E-state index in [1.54, 1.807) is 12.1 Å². The summed E-state index contributed by atoms with van der Waals surface area (Å²) in [6.07, 6.45) is 0. The van der Waals surface area contributed by atoms with Crippen molar-refractivity contribution in [2.75, 3.05) is 0 Å². The first-order valence-corrected chi connectivity index (χ1v) is 7.55. The van der Waals surface area contributed by atoms with Crippen LogP contribution in [-0.4, -0.2) is 19.9 Å². The lowest BCUT2D eigenvalue weighted by Crippen LogP contribution is -2.10. The number of carboxylic acid groups (broad SMARTS) is 1. The zero-order valence-electron chi connectivity index (χ0n) is 7.95. The van der Waals surface area contributed by atoms with Crippen molar-refractivity contribution in [2.45, 2.75) is 19.1 Å². The first kappa shape index (κ1) is 9.99. The summed E-state index contributed by atoms with van der Waals surface area (Å²) in [7, 11) is -0.730. The molecule has 1 rings (SSSR count). The van der Waals surface area contributed by atoms with Crippen molar-refractivity contribution in [3.63, 3.8) is 0 Å². The molecule has 0 spiro atoms. The minimum absolute atomic E-state index is 0.462. The topological polar surface area (TPSA) is 37.3 Å². The average molecular weight is 194 g/mol. The molecule has 13 heavy (non-hydrogen) atoms. The SMILES string of the molecule is C[SiH](C)Cc1ccccc1C(=O)O. The normalized spacial score (nSPS) is 10.4. The number of aromatic carboxylic acids is 1. The molecule has 0 aromatic heterocycles. The van der Waals surface area contributed by atoms with Gasteiger partial charge in [-0.3, -0.25) is 0 Å². The summed E-state index contributed by atoms with van der Waals surface area (Å²) >= 11 is 0. The first-order valence-electron chi connectivity index (χ1n) is 4.42. The van der Waals surface area contributed by atoms with E-state index in [0.717, 1.165) is 11.6 Å². The van der Waals surface area contributed by atoms with E-state index in [-0.39, 0.29) is 0 Å². The maximum absolute atomic E-state index is 10.8. The van der Waals surface area contributed by atoms with E-state index in [1.165, 1.54) is 0 Å². The van der Waals surface area contributed by atoms with E-state index < -0.39 is 14.8 Å². The Balaban J connectivity index is 2.98. The van der Waals surface area contributed by atoms with E-state index in [4.69, 9.17) is 5.11 Å². The number of benzene rings is 1. The molecule has 0 fully saturated rings. The molecule has 0 aliphatic carbocycles. The fraction of sp³-hybridized carbons (Fsp3) is 0.300. The Morgan fingerprint density at radius 3 is 2.54 bits per heavy atom. The molecule has 0 saturated carbocycles. The highest BCUT2D eigenvalue weighted by Crippen LogP contribution is 2.10. The third-order valence-electron chi connectivity index (χ3n) is 1.88. The maximum atomic E-state index is 10.8. The van der Waals surface area contributed by atoms with E-state index in [0.29, 0.717) is 5.56 Å². The summed E-state index contributed by atoms with van der Waals surface area (Å²) in [4.78, 5) is 10.8. The molecule has 70 valence electrons. The van der Waals surface area contributed by atoms with Crippen molar-refractivity contribution in [3.8, 4) is 0 Å². The maximum Gasteiger partial charge on any atom is 0.335 e. The molecule has 0 heterocycles. The van der Waals surface area contributed by atoms with E-state index in [1.807, 2.05) is 12.1 Å². The van der Waals surface area contributed by atoms with Gasteiger partial charge in [0.1, 0.15) is 0 Å². The van der Waals surface area contributed by atoms with Crippen LogP contribution in [0.5, 0.6) is 0 Å². The highest BCUT2D eigenvalue weighted by atomic mass is 28.3. The van der Waals surface area contributed by atoms with Gasteiger partial charge in [-0.2, -0.15) is 0 Å². The number of hydrogen-bond acceptors (Lipinski definition) is 1. The Morgan fingerprint density at radius 1 is 1.38 bits per heavy atom. The van der Waals surface area contributed by atoms with Crippen LogP contribution in [0.3, 0.4) is 0 Å². The smallest absolute Gasteiger partial charge is 0.335 e. The van der Waals surface area contributed by atoms with Gasteiger partial charge in [-0.15, -0.1) is 0 Å². The van der Waals surface area contributed by atoms with Gasteiger partial charge in [-0.05, 0) is 17.7 Å². The van der Waals surface area contributed by atoms with Gasteiger partial charge in [0.2, 0.25) is 0 Å². The summed E-state index contributed by atoms with van der Waals surface area (Å²) in [5, 5.41) is 8.89. The van der Waals surface area contributed by atoms with Gasteiger partial charge in [-0.25, -0.2) is 4.79 Å². The molecule has 1 aromatic carbocycles. The molecular weight excluding hydrogens is 180 g/mol. The van der Waals surface area contributed by atoms with Crippen LogP contribution in [0.4, 0.5) is 0 Å². The minimum Gasteiger partial charge on any atom is -0.478 e. The van der Waals surface area contributed by atoms with Crippen LogP contribution in [0.1, 0.15) is 15.9 Å². The predicted molar refractivity (Wildman–Crippen MR) is 56.0 cm³/mol. The number of rotatable bonds is 3. The molecule has 2 nitrogen and oxygen atoms in total. The quantitative estimate of drug-likeness (QED) is 0.747. The summed E-state index contributed by atoms with van der Waals surface area (Å²) in [6, 6.07) is 8.22. The molecule has 0 bridgehead atoms. The van der Waals surface area contributed by atoms with Crippen molar-refractivity contribution < 1.29 is 9.90 Å². The summed E-state index contributed by atoms with van der Waals surface area (Å²) in [6.45, 7) is 4.44. The third-order valence-corrected chi connectivity index (χ3v) is 3.13. The van der Waals surface area contributed by atoms with Gasteiger partial charge in [0.15, 0.2) is 0 Å². The molecule has 0 radical (unpaired) electrons. The van der Waals surface area contributed by atoms with Gasteiger partial charge < -0.3 is 5.11 Å². The van der Waals surface area contributed by atoms with Gasteiger partial charge in [0, 0.05) is 8.80 Å². The van der Waals surface area contributed by atoms with E-state index in [2.05, 4.69) is 13.1 Å². The van der Waals surface area contributed by atoms with Gasteiger partial charge in [-0.1, -0.05) is 31.3 Å². The minimum atomic E-state index is -0.815. The van der Waals surface area contributed by atoms with Crippen LogP contribution in [0.25, 0.3) is 0 Å². The lowest BCUT2D eigenvalue weighted by Gasteiger charge is -2.06. The van der Waals surface area contributed by atoms with Gasteiger partial charge >= 0.3 is 5.97 Å². The Kier molecular flexibility index (Phi) is 3.25. The van der Waals surface area contributed by atoms with Crippen molar-refractivity contribution in [2.24, 2.45) is 0 Å². The van der Waals surface area contributed by atoms with Crippen LogP contribution < -0.4 is 0 Å². The summed E-state index contributed by atoms with van der Waals surface area (Å²) in [5.74, 6) is -0.815. The van der Waals surface area contributed by atoms with Crippen molar-refractivity contribution in [1.29, 1.82) is 0 Å². The molecule has 1 aromatic rings. The molecule has 0 saturated heterocycles. The average Bonchev–Trinajstić information content (AvgIpc) is 2.03. The van der Waals surface area contributed by atoms with Gasteiger partial charge in [0.25, 0.3) is 0 Å². The molecule has 3 heteroatoms. The second-order valence-corrected chi connectivity index (χ2v) is 6.76. The second kappa shape index (κ2) is 4.23. The van der Waals surface area contributed by atoms with Crippen LogP contribution in [0.15, 0.2) is 24.3 Å². The van der Waals surface area contributed by atoms with Crippen LogP contribution in [0, 0.1) is 0 Å². The largest absolute Gasteiger partial charge is 0.478 e. The van der Waals surface area contributed by atoms with Crippen molar-refractivity contribution in [1.82, 2.24) is 0 Å². The second-order valence-electron chi connectivity index (χ2n) is 3.56. The molecule has 0 aliphatic heterocycles. The number of carbonyl (C=O) groups is 1. The highest BCUT2D eigenvalue weighted by Gasteiger charge is 2.09. The van der Waals surface area contributed by atoms with Gasteiger partial charge in [0.05, 0.1) is 5.56 Å². The molecule has 0 unspecified atom stereocenters. The predicted octanol–water partition coefficient (Wildman–Crippen LogP) is 1.95. The number of hydrogen-bond donors (Lipinski definition) is 1. The Morgan fingerprint density at radius 2 is 2.00 bits per heavy atom. The van der Waals surface area contributed by atoms with Crippen molar-refractivity contribution in [3.05, 3.63) is 35.4 Å². The lowest BCUT2D eigenvalue weighted by molar-refractivity contribution is 0.0696. The molecule has 0 aliphatic rings. The Hall–Kier alpha value is -1.09. The molecule has 0 atom stereocenters. The van der Waals surface area contributed by atoms with Crippen LogP contribution >= 0.6 is 0 Å². The monoisotopic (exact) mass is 194 g/mol. The molecular formula is C10H14O2Si. The van der Waals surface area contributed by atoms with E-state index >= 15 is 0 Å². The fourth-order valence-electron chi connectivity index (χ4n) is 1.35. The highest BCUT2D eigenvalue weighted by molar-refractivity contribution is 6.55. The summed E-state index contributed by atoms with van der Waals surface area (Å²) in [5.41, 5.74) is 1.44. The Bertz CT molecular complexity index is 308. The fourth-order valence-corrected chi connectivity index (χ4v) is 2.58. The standard InChI is InChI=1S/C10H14O2Si/c1-13(2)7-8-5-3-4-6-9(8)10(11)12/h3-6,13H,7H2,1-2H3,(H,11,12). The first-order chi connectivity index (χ1) is 6.11. The van der Waals surface area contributed by atoms with Crippen LogP contribution in [-0.2, 0) is 6.04 Å². The molecule has 0 amide bonds. The zero-order valence-corrected chi connectivity index (χ0v) is 9.10.